The van der Waals surface area contributed by atoms with Crippen molar-refractivity contribution < 1.29 is 4.42 Å². The third-order valence-corrected chi connectivity index (χ3v) is 5.12. The Bertz CT molecular complexity index is 739. The maximum atomic E-state index is 5.96. The average molecular weight is 358 g/mol. The first kappa shape index (κ1) is 18.7. The monoisotopic (exact) mass is 357 g/mol. The van der Waals surface area contributed by atoms with Gasteiger partial charge in [-0.15, -0.1) is 0 Å². The van der Waals surface area contributed by atoms with Gasteiger partial charge >= 0.3 is 0 Å². The molecule has 1 aromatic carbocycles. The van der Waals surface area contributed by atoms with Crippen LogP contribution in [0, 0.1) is 6.92 Å². The van der Waals surface area contributed by atoms with Gasteiger partial charge in [0.05, 0.1) is 6.54 Å². The maximum Gasteiger partial charge on any atom is 0.191 e. The van der Waals surface area contributed by atoms with E-state index in [9.17, 15) is 0 Å². The maximum absolute atomic E-state index is 5.96. The Labute approximate surface area is 156 Å². The highest BCUT2D eigenvalue weighted by Gasteiger charge is 2.12. The van der Waals surface area contributed by atoms with E-state index >= 15 is 0 Å². The van der Waals surface area contributed by atoms with Gasteiger partial charge in [-0.2, -0.15) is 0 Å². The number of hydrogen-bond acceptors (Lipinski definition) is 4. The van der Waals surface area contributed by atoms with Crippen LogP contribution in [0.3, 0.4) is 0 Å². The van der Waals surface area contributed by atoms with E-state index in [0.717, 1.165) is 43.5 Å². The lowest BCUT2D eigenvalue weighted by molar-refractivity contribution is 0.280. The highest BCUT2D eigenvalue weighted by atomic mass is 16.3. The Balaban J connectivity index is 1.46. The molecule has 1 aliphatic heterocycles. The van der Waals surface area contributed by atoms with Gasteiger partial charge in [-0.3, -0.25) is 4.99 Å². The Hall–Kier alpha value is -2.05. The Morgan fingerprint density at radius 3 is 2.81 bits per heavy atom. The van der Waals surface area contributed by atoms with Crippen molar-refractivity contribution in [1.82, 2.24) is 20.4 Å². The highest BCUT2D eigenvalue weighted by molar-refractivity contribution is 5.82. The molecule has 2 aromatic rings. The van der Waals surface area contributed by atoms with E-state index in [0.29, 0.717) is 6.54 Å². The van der Waals surface area contributed by atoms with Crippen molar-refractivity contribution in [1.29, 1.82) is 0 Å². The van der Waals surface area contributed by atoms with E-state index in [1.807, 2.05) is 25.2 Å². The van der Waals surface area contributed by atoms with Crippen molar-refractivity contribution >= 4 is 16.9 Å². The van der Waals surface area contributed by atoms with Crippen LogP contribution in [0.15, 0.2) is 33.7 Å². The number of aryl methyl sites for hydroxylation is 1. The molecule has 1 fully saturated rings. The smallest absolute Gasteiger partial charge is 0.191 e. The summed E-state index contributed by atoms with van der Waals surface area (Å²) in [7, 11) is 4.01. The van der Waals surface area contributed by atoms with Crippen LogP contribution >= 0.6 is 0 Å². The first-order chi connectivity index (χ1) is 12.7. The van der Waals surface area contributed by atoms with E-state index in [-0.39, 0.29) is 0 Å². The molecule has 0 bridgehead atoms. The molecule has 0 amide bonds. The Morgan fingerprint density at radius 1 is 1.15 bits per heavy atom. The second-order valence-electron chi connectivity index (χ2n) is 7.00. The molecule has 0 atom stereocenters. The van der Waals surface area contributed by atoms with Crippen molar-refractivity contribution in [2.45, 2.75) is 19.9 Å². The molecule has 0 spiro atoms. The van der Waals surface area contributed by atoms with Crippen molar-refractivity contribution in [2.24, 2.45) is 4.99 Å². The van der Waals surface area contributed by atoms with Gasteiger partial charge in [-0.1, -0.05) is 18.2 Å². The molecule has 1 aliphatic rings. The Morgan fingerprint density at radius 2 is 2.00 bits per heavy atom. The van der Waals surface area contributed by atoms with Gasteiger partial charge in [0.25, 0.3) is 0 Å². The van der Waals surface area contributed by atoms with E-state index < -0.39 is 0 Å². The standard InChI is InChI=1S/C20H31N5O/c1-16-17-7-4-5-8-18(17)26-19(16)15-23-20(21-2)22-9-12-25-11-6-10-24(3)13-14-25/h4-5,7-8H,6,9-15H2,1-3H3,(H2,21,22,23). The van der Waals surface area contributed by atoms with E-state index in [1.54, 1.807) is 0 Å². The molecule has 2 heterocycles. The fourth-order valence-corrected chi connectivity index (χ4v) is 3.43. The molecule has 0 unspecified atom stereocenters. The molecule has 1 saturated heterocycles. The second kappa shape index (κ2) is 9.05. The van der Waals surface area contributed by atoms with Crippen LogP contribution in [0.1, 0.15) is 17.7 Å². The predicted molar refractivity (Wildman–Crippen MR) is 108 cm³/mol. The summed E-state index contributed by atoms with van der Waals surface area (Å²) >= 11 is 0. The number of nitrogens with zero attached hydrogens (tertiary/aromatic N) is 3. The van der Waals surface area contributed by atoms with Gasteiger partial charge in [0.15, 0.2) is 5.96 Å². The Kier molecular flexibility index (Phi) is 6.52. The molecule has 6 nitrogen and oxygen atoms in total. The lowest BCUT2D eigenvalue weighted by Crippen LogP contribution is -2.42. The number of rotatable bonds is 5. The predicted octanol–water partition coefficient (Wildman–Crippen LogP) is 2.04. The molecule has 0 aliphatic carbocycles. The minimum absolute atomic E-state index is 0.634. The number of para-hydroxylation sites is 1. The molecule has 26 heavy (non-hydrogen) atoms. The lowest BCUT2D eigenvalue weighted by Gasteiger charge is -2.21. The molecule has 3 rings (SSSR count). The van der Waals surface area contributed by atoms with Crippen molar-refractivity contribution in [3.05, 3.63) is 35.6 Å². The minimum atomic E-state index is 0.634. The molecular formula is C20H31N5O. The lowest BCUT2D eigenvalue weighted by atomic mass is 10.1. The SMILES string of the molecule is CN=C(NCCN1CCCN(C)CC1)NCc1oc2ccccc2c1C. The third kappa shape index (κ3) is 4.77. The molecular weight excluding hydrogens is 326 g/mol. The zero-order chi connectivity index (χ0) is 18.4. The summed E-state index contributed by atoms with van der Waals surface area (Å²) in [6.07, 6.45) is 1.24. The number of benzene rings is 1. The average Bonchev–Trinajstić information content (AvgIpc) is 2.82. The number of hydrogen-bond donors (Lipinski definition) is 2. The normalized spacial score (nSPS) is 17.4. The van der Waals surface area contributed by atoms with Crippen molar-refractivity contribution in [3.8, 4) is 0 Å². The summed E-state index contributed by atoms with van der Waals surface area (Å²) in [4.78, 5) is 9.25. The van der Waals surface area contributed by atoms with Crippen LogP contribution < -0.4 is 10.6 Å². The summed E-state index contributed by atoms with van der Waals surface area (Å²) in [5, 5.41) is 7.96. The summed E-state index contributed by atoms with van der Waals surface area (Å²) in [6, 6.07) is 8.16. The second-order valence-corrected chi connectivity index (χ2v) is 7.00. The summed E-state index contributed by atoms with van der Waals surface area (Å²) in [6.45, 7) is 9.34. The first-order valence-electron chi connectivity index (χ1n) is 9.50. The van der Waals surface area contributed by atoms with Crippen LogP contribution in [0.25, 0.3) is 11.0 Å². The van der Waals surface area contributed by atoms with Gasteiger partial charge in [0.2, 0.25) is 0 Å². The summed E-state index contributed by atoms with van der Waals surface area (Å²) in [5.41, 5.74) is 2.13. The van der Waals surface area contributed by atoms with Gasteiger partial charge in [-0.05, 0) is 39.5 Å². The summed E-state index contributed by atoms with van der Waals surface area (Å²) in [5.74, 6) is 1.78. The van der Waals surface area contributed by atoms with Gasteiger partial charge in [0.1, 0.15) is 11.3 Å². The number of guanidine groups is 1. The van der Waals surface area contributed by atoms with Crippen LogP contribution in [-0.4, -0.2) is 69.1 Å². The van der Waals surface area contributed by atoms with Crippen LogP contribution in [0.2, 0.25) is 0 Å². The van der Waals surface area contributed by atoms with E-state index in [4.69, 9.17) is 4.42 Å². The third-order valence-electron chi connectivity index (χ3n) is 5.12. The van der Waals surface area contributed by atoms with E-state index in [2.05, 4.69) is 45.5 Å². The largest absolute Gasteiger partial charge is 0.459 e. The van der Waals surface area contributed by atoms with Crippen LogP contribution in [0.4, 0.5) is 0 Å². The molecule has 0 saturated carbocycles. The molecule has 6 heteroatoms. The summed E-state index contributed by atoms with van der Waals surface area (Å²) < 4.78 is 5.96. The fourth-order valence-electron chi connectivity index (χ4n) is 3.43. The zero-order valence-corrected chi connectivity index (χ0v) is 16.2. The van der Waals surface area contributed by atoms with Crippen molar-refractivity contribution in [3.63, 3.8) is 0 Å². The van der Waals surface area contributed by atoms with Gasteiger partial charge < -0.3 is 24.9 Å². The quantitative estimate of drug-likeness (QED) is 0.634. The van der Waals surface area contributed by atoms with Crippen LogP contribution in [0.5, 0.6) is 0 Å². The van der Waals surface area contributed by atoms with Crippen molar-refractivity contribution in [2.75, 3.05) is 53.4 Å². The topological polar surface area (TPSA) is 56.0 Å². The highest BCUT2D eigenvalue weighted by Crippen LogP contribution is 2.24. The molecule has 0 radical (unpaired) electrons. The van der Waals surface area contributed by atoms with Crippen LogP contribution in [-0.2, 0) is 6.54 Å². The molecule has 1 aromatic heterocycles. The zero-order valence-electron chi connectivity index (χ0n) is 16.2. The van der Waals surface area contributed by atoms with Gasteiger partial charge in [0, 0.05) is 44.2 Å². The van der Waals surface area contributed by atoms with E-state index in [1.165, 1.54) is 30.5 Å². The molecule has 2 N–H and O–H groups in total. The number of likely N-dealkylation sites (N-methyl/N-ethyl adjacent to an activating group) is 1. The number of nitrogens with one attached hydrogen (secondary N) is 2. The first-order valence-corrected chi connectivity index (χ1v) is 9.50. The molecule has 142 valence electrons. The fraction of sp³-hybridized carbons (Fsp3) is 0.550. The number of furan rings is 1. The number of fused-ring (bicyclic) bond motifs is 1. The van der Waals surface area contributed by atoms with Gasteiger partial charge in [-0.25, -0.2) is 0 Å². The number of aliphatic imine (C=N–C) groups is 1. The minimum Gasteiger partial charge on any atom is -0.459 e.